The predicted molar refractivity (Wildman–Crippen MR) is 191 cm³/mol. The molecule has 0 radical (unpaired) electrons. The lowest BCUT2D eigenvalue weighted by molar-refractivity contribution is 0.260. The van der Waals surface area contributed by atoms with E-state index in [4.69, 9.17) is 9.73 Å². The van der Waals surface area contributed by atoms with E-state index in [0.29, 0.717) is 0 Å². The first-order chi connectivity index (χ1) is 23.3. The summed E-state index contributed by atoms with van der Waals surface area (Å²) in [4.78, 5) is 5.18. The maximum atomic E-state index is 6.37. The van der Waals surface area contributed by atoms with Gasteiger partial charge in [-0.05, 0) is 56.6 Å². The third kappa shape index (κ3) is 5.07. The molecule has 2 heterocycles. The molecule has 3 unspecified atom stereocenters. The van der Waals surface area contributed by atoms with Crippen LogP contribution in [0.5, 0.6) is 5.75 Å². The zero-order chi connectivity index (χ0) is 31.2. The summed E-state index contributed by atoms with van der Waals surface area (Å²) in [6, 6.07) is 55.2. The highest BCUT2D eigenvalue weighted by Crippen LogP contribution is 2.45. The summed E-state index contributed by atoms with van der Waals surface area (Å²) in [6.07, 6.45) is -0.597. The molecular formula is C42H32N4O. The number of hydrogen-bond donors (Lipinski definition) is 3. The van der Waals surface area contributed by atoms with Gasteiger partial charge in [0.15, 0.2) is 6.23 Å². The first kappa shape index (κ1) is 27.4. The molecule has 47 heavy (non-hydrogen) atoms. The fourth-order valence-corrected chi connectivity index (χ4v) is 6.81. The summed E-state index contributed by atoms with van der Waals surface area (Å²) in [7, 11) is 0. The second-order valence-electron chi connectivity index (χ2n) is 12.1. The first-order valence-electron chi connectivity index (χ1n) is 16.1. The van der Waals surface area contributed by atoms with E-state index in [-0.39, 0.29) is 18.6 Å². The number of hydrogen-bond acceptors (Lipinski definition) is 5. The van der Waals surface area contributed by atoms with Gasteiger partial charge in [-0.2, -0.15) is 0 Å². The van der Waals surface area contributed by atoms with Crippen LogP contribution < -0.4 is 20.7 Å². The molecule has 0 amide bonds. The number of nitrogens with one attached hydrogen (secondary N) is 3. The van der Waals surface area contributed by atoms with Crippen LogP contribution >= 0.6 is 0 Å². The molecule has 5 heteroatoms. The number of anilines is 1. The van der Waals surface area contributed by atoms with E-state index >= 15 is 0 Å². The van der Waals surface area contributed by atoms with Crippen molar-refractivity contribution < 1.29 is 4.74 Å². The topological polar surface area (TPSA) is 57.7 Å². The Morgan fingerprint density at radius 1 is 0.511 bits per heavy atom. The Bertz CT molecular complexity index is 2270. The molecule has 2 aliphatic heterocycles. The van der Waals surface area contributed by atoms with E-state index in [2.05, 4.69) is 143 Å². The average molecular weight is 609 g/mol. The van der Waals surface area contributed by atoms with Crippen LogP contribution in [0.15, 0.2) is 163 Å². The second-order valence-corrected chi connectivity index (χ2v) is 12.1. The highest BCUT2D eigenvalue weighted by atomic mass is 16.5. The summed E-state index contributed by atoms with van der Waals surface area (Å²) >= 11 is 0. The number of ether oxygens (including phenoxy) is 1. The summed E-state index contributed by atoms with van der Waals surface area (Å²) in [6.45, 7) is 0. The maximum Gasteiger partial charge on any atom is 0.196 e. The van der Waals surface area contributed by atoms with E-state index in [0.717, 1.165) is 39.5 Å². The minimum atomic E-state index is -0.230. The number of fused-ring (bicyclic) bond motifs is 5. The minimum absolute atomic E-state index is 0.154. The van der Waals surface area contributed by atoms with Crippen LogP contribution in [0.3, 0.4) is 0 Å². The van der Waals surface area contributed by atoms with E-state index in [1.807, 2.05) is 30.3 Å². The smallest absolute Gasteiger partial charge is 0.196 e. The normalized spacial score (nSPS) is 18.6. The Hall–Kier alpha value is -5.91. The number of benzene rings is 7. The van der Waals surface area contributed by atoms with E-state index in [1.165, 1.54) is 32.7 Å². The van der Waals surface area contributed by atoms with Gasteiger partial charge in [-0.25, -0.2) is 4.99 Å². The van der Waals surface area contributed by atoms with E-state index in [1.54, 1.807) is 0 Å². The maximum absolute atomic E-state index is 6.37. The molecule has 0 bridgehead atoms. The van der Waals surface area contributed by atoms with Crippen molar-refractivity contribution in [3.8, 4) is 16.9 Å². The molecule has 0 aromatic heterocycles. The Morgan fingerprint density at radius 2 is 1.19 bits per heavy atom. The van der Waals surface area contributed by atoms with Crippen LogP contribution in [0.4, 0.5) is 5.69 Å². The third-order valence-electron chi connectivity index (χ3n) is 9.16. The van der Waals surface area contributed by atoms with Crippen LogP contribution in [-0.4, -0.2) is 5.84 Å². The van der Waals surface area contributed by atoms with Gasteiger partial charge in [-0.3, -0.25) is 5.32 Å². The zero-order valence-electron chi connectivity index (χ0n) is 25.6. The number of amidine groups is 1. The van der Waals surface area contributed by atoms with Crippen LogP contribution in [0, 0.1) is 0 Å². The summed E-state index contributed by atoms with van der Waals surface area (Å²) in [5, 5.41) is 15.9. The zero-order valence-corrected chi connectivity index (χ0v) is 25.6. The Balaban J connectivity index is 1.09. The molecule has 3 N–H and O–H groups in total. The van der Waals surface area contributed by atoms with E-state index < -0.39 is 0 Å². The van der Waals surface area contributed by atoms with Gasteiger partial charge in [0.1, 0.15) is 23.9 Å². The largest absolute Gasteiger partial charge is 0.464 e. The third-order valence-corrected chi connectivity index (χ3v) is 9.16. The van der Waals surface area contributed by atoms with Gasteiger partial charge in [0.2, 0.25) is 0 Å². The molecule has 7 aromatic carbocycles. The monoisotopic (exact) mass is 608 g/mol. The number of aliphatic imine (C=N–C) groups is 1. The van der Waals surface area contributed by atoms with Crippen molar-refractivity contribution in [1.29, 1.82) is 0 Å². The van der Waals surface area contributed by atoms with Crippen molar-refractivity contribution in [3.63, 3.8) is 0 Å². The Kier molecular flexibility index (Phi) is 6.69. The van der Waals surface area contributed by atoms with Gasteiger partial charge < -0.3 is 15.4 Å². The highest BCUT2D eigenvalue weighted by molar-refractivity contribution is 6.15. The summed E-state index contributed by atoms with van der Waals surface area (Å²) in [5.41, 5.74) is 7.83. The molecule has 0 spiro atoms. The average Bonchev–Trinajstić information content (AvgIpc) is 3.60. The molecule has 3 atom stereocenters. The molecular weight excluding hydrogens is 576 g/mol. The SMILES string of the molecule is c1ccc(C2=NC(c3cccc(-c4ccccc4)c3)NC(c3ccc4c(ccc5ccc6c(c54)NC(c4ccccc4)O6)c3)N2)cc1. The standard InChI is InChI=1S/C42H32N4O/c1-4-11-27(12-5-1)31-17-10-18-33(25-31)40-44-39(29-13-6-2-7-14-29)45-41(46-40)34-21-23-35-32(26-34)20-19-28-22-24-36-38(37(28)35)43-42(47-36)30-15-8-3-9-16-30/h1-26,40-43,46H,(H,44,45). The van der Waals surface area contributed by atoms with Crippen LogP contribution in [0.1, 0.15) is 40.8 Å². The molecule has 0 saturated carbocycles. The Labute approximate surface area is 273 Å². The molecule has 0 saturated heterocycles. The number of rotatable bonds is 5. The molecule has 0 fully saturated rings. The van der Waals surface area contributed by atoms with Gasteiger partial charge in [0, 0.05) is 16.5 Å². The van der Waals surface area contributed by atoms with Crippen molar-refractivity contribution in [3.05, 3.63) is 180 Å². The fraction of sp³-hybridized carbons (Fsp3) is 0.0714. The van der Waals surface area contributed by atoms with Gasteiger partial charge in [-0.15, -0.1) is 0 Å². The molecule has 2 aliphatic rings. The first-order valence-corrected chi connectivity index (χ1v) is 16.1. The molecule has 5 nitrogen and oxygen atoms in total. The van der Waals surface area contributed by atoms with Crippen LogP contribution in [0.25, 0.3) is 32.7 Å². The molecule has 0 aliphatic carbocycles. The van der Waals surface area contributed by atoms with Crippen molar-refractivity contribution in [2.45, 2.75) is 18.6 Å². The molecule has 9 rings (SSSR count). The van der Waals surface area contributed by atoms with Crippen molar-refractivity contribution in [1.82, 2.24) is 10.6 Å². The van der Waals surface area contributed by atoms with Crippen molar-refractivity contribution >= 4 is 33.1 Å². The van der Waals surface area contributed by atoms with Gasteiger partial charge >= 0.3 is 0 Å². The Morgan fingerprint density at radius 3 is 2.00 bits per heavy atom. The van der Waals surface area contributed by atoms with Crippen LogP contribution in [0.2, 0.25) is 0 Å². The lowest BCUT2D eigenvalue weighted by Crippen LogP contribution is -2.44. The quantitative estimate of drug-likeness (QED) is 0.170. The predicted octanol–water partition coefficient (Wildman–Crippen LogP) is 9.50. The van der Waals surface area contributed by atoms with Crippen molar-refractivity contribution in [2.75, 3.05) is 5.32 Å². The number of nitrogens with zero attached hydrogens (tertiary/aromatic N) is 1. The van der Waals surface area contributed by atoms with Gasteiger partial charge in [0.25, 0.3) is 0 Å². The molecule has 226 valence electrons. The van der Waals surface area contributed by atoms with Gasteiger partial charge in [0.05, 0.1) is 5.69 Å². The summed E-state index contributed by atoms with van der Waals surface area (Å²) in [5.74, 6) is 1.75. The minimum Gasteiger partial charge on any atom is -0.464 e. The highest BCUT2D eigenvalue weighted by Gasteiger charge is 2.28. The second kappa shape index (κ2) is 11.5. The lowest BCUT2D eigenvalue weighted by atomic mass is 9.97. The summed E-state index contributed by atoms with van der Waals surface area (Å²) < 4.78 is 6.37. The fourth-order valence-electron chi connectivity index (χ4n) is 6.81. The van der Waals surface area contributed by atoms with Gasteiger partial charge in [-0.1, -0.05) is 140 Å². The van der Waals surface area contributed by atoms with Crippen molar-refractivity contribution in [2.24, 2.45) is 4.99 Å². The van der Waals surface area contributed by atoms with Crippen LogP contribution in [-0.2, 0) is 0 Å². The molecule has 7 aromatic rings. The lowest BCUT2D eigenvalue weighted by Gasteiger charge is -2.32. The van der Waals surface area contributed by atoms with E-state index in [9.17, 15) is 0 Å².